The molecule has 22 heavy (non-hydrogen) atoms. The number of hydrogen-bond donors (Lipinski definition) is 2. The average molecular weight is 296 g/mol. The van der Waals surface area contributed by atoms with Crippen LogP contribution in [-0.4, -0.2) is 19.0 Å². The first-order valence-electron chi connectivity index (χ1n) is 7.77. The third-order valence-corrected chi connectivity index (χ3v) is 3.85. The minimum Gasteiger partial charge on any atom is -0.376 e. The van der Waals surface area contributed by atoms with E-state index in [2.05, 4.69) is 42.7 Å². The highest BCUT2D eigenvalue weighted by Gasteiger charge is 2.03. The molecule has 116 valence electrons. The van der Waals surface area contributed by atoms with E-state index in [-0.39, 0.29) is 5.91 Å². The number of aryl methyl sites for hydroxylation is 2. The smallest absolute Gasteiger partial charge is 0.239 e. The van der Waals surface area contributed by atoms with Gasteiger partial charge in [0.1, 0.15) is 0 Å². The Bertz CT molecular complexity index is 608. The van der Waals surface area contributed by atoms with Crippen LogP contribution in [0.2, 0.25) is 0 Å². The first-order chi connectivity index (χ1) is 10.7. The molecule has 0 bridgehead atoms. The van der Waals surface area contributed by atoms with Crippen LogP contribution < -0.4 is 10.6 Å². The van der Waals surface area contributed by atoms with Gasteiger partial charge in [-0.25, -0.2) is 0 Å². The molecule has 0 fully saturated rings. The van der Waals surface area contributed by atoms with Crippen LogP contribution >= 0.6 is 0 Å². The van der Waals surface area contributed by atoms with Gasteiger partial charge in [0.2, 0.25) is 5.91 Å². The van der Waals surface area contributed by atoms with E-state index in [0.717, 1.165) is 18.5 Å². The lowest BCUT2D eigenvalue weighted by atomic mass is 10.1. The summed E-state index contributed by atoms with van der Waals surface area (Å²) in [4.78, 5) is 11.9. The fourth-order valence-electron chi connectivity index (χ4n) is 2.35. The Kier molecular flexibility index (Phi) is 6.01. The number of rotatable bonds is 7. The maximum absolute atomic E-state index is 11.9. The summed E-state index contributed by atoms with van der Waals surface area (Å²) in [6.45, 7) is 5.16. The fraction of sp³-hybridized carbons (Fsp3) is 0.316. The van der Waals surface area contributed by atoms with Gasteiger partial charge >= 0.3 is 0 Å². The third-order valence-electron chi connectivity index (χ3n) is 3.85. The summed E-state index contributed by atoms with van der Waals surface area (Å²) in [6.07, 6.45) is 1.95. The molecule has 0 atom stereocenters. The van der Waals surface area contributed by atoms with Gasteiger partial charge in [0.25, 0.3) is 0 Å². The Balaban J connectivity index is 1.67. The molecule has 3 heteroatoms. The highest BCUT2D eigenvalue weighted by molar-refractivity contribution is 5.81. The molecule has 2 aromatic rings. The molecule has 0 unspecified atom stereocenters. The number of carbonyl (C=O) groups is 1. The molecule has 0 aliphatic rings. The molecular formula is C19H24N2O. The van der Waals surface area contributed by atoms with Crippen molar-refractivity contribution >= 4 is 11.6 Å². The van der Waals surface area contributed by atoms with Crippen LogP contribution in [0.4, 0.5) is 5.69 Å². The van der Waals surface area contributed by atoms with E-state index in [1.165, 1.54) is 16.7 Å². The zero-order chi connectivity index (χ0) is 15.8. The minimum atomic E-state index is 0.0361. The first-order valence-corrected chi connectivity index (χ1v) is 7.77. The normalized spacial score (nSPS) is 10.3. The van der Waals surface area contributed by atoms with E-state index in [1.807, 2.05) is 30.3 Å². The van der Waals surface area contributed by atoms with Crippen LogP contribution in [0.15, 0.2) is 48.5 Å². The van der Waals surface area contributed by atoms with E-state index >= 15 is 0 Å². The molecule has 2 rings (SSSR count). The largest absolute Gasteiger partial charge is 0.376 e. The molecule has 0 aliphatic carbocycles. The summed E-state index contributed by atoms with van der Waals surface area (Å²) in [6, 6.07) is 16.4. The standard InChI is InChI=1S/C19H24N2O/c1-15-8-6-12-18(16(15)2)21-14-19(22)20-13-7-11-17-9-4-3-5-10-17/h3-6,8-10,12,21H,7,11,13-14H2,1-2H3,(H,20,22). The van der Waals surface area contributed by atoms with Crippen molar-refractivity contribution in [3.8, 4) is 0 Å². The molecule has 0 saturated heterocycles. The lowest BCUT2D eigenvalue weighted by Gasteiger charge is -2.11. The fourth-order valence-corrected chi connectivity index (χ4v) is 2.35. The average Bonchev–Trinajstić information content (AvgIpc) is 2.54. The minimum absolute atomic E-state index is 0.0361. The molecule has 2 N–H and O–H groups in total. The molecule has 0 saturated carbocycles. The highest BCUT2D eigenvalue weighted by Crippen LogP contribution is 2.17. The first kappa shape index (κ1) is 16.1. The molecule has 0 aromatic heterocycles. The lowest BCUT2D eigenvalue weighted by Crippen LogP contribution is -2.31. The van der Waals surface area contributed by atoms with Gasteiger partial charge in [0.15, 0.2) is 0 Å². The van der Waals surface area contributed by atoms with Gasteiger partial charge in [-0.15, -0.1) is 0 Å². The van der Waals surface area contributed by atoms with Crippen molar-refractivity contribution in [2.45, 2.75) is 26.7 Å². The molecule has 0 spiro atoms. The van der Waals surface area contributed by atoms with Gasteiger partial charge < -0.3 is 10.6 Å². The van der Waals surface area contributed by atoms with Gasteiger partial charge in [-0.1, -0.05) is 42.5 Å². The van der Waals surface area contributed by atoms with Gasteiger partial charge in [-0.2, -0.15) is 0 Å². The molecule has 0 radical (unpaired) electrons. The second-order valence-electron chi connectivity index (χ2n) is 5.54. The quantitative estimate of drug-likeness (QED) is 0.768. The van der Waals surface area contributed by atoms with Crippen molar-refractivity contribution in [2.75, 3.05) is 18.4 Å². The van der Waals surface area contributed by atoms with Gasteiger partial charge in [0, 0.05) is 12.2 Å². The van der Waals surface area contributed by atoms with E-state index in [1.54, 1.807) is 0 Å². The molecular weight excluding hydrogens is 272 g/mol. The Labute approximate surface area is 132 Å². The van der Waals surface area contributed by atoms with Crippen molar-refractivity contribution in [1.82, 2.24) is 5.32 Å². The summed E-state index contributed by atoms with van der Waals surface area (Å²) >= 11 is 0. The van der Waals surface area contributed by atoms with Crippen LogP contribution in [0.25, 0.3) is 0 Å². The molecule has 0 aliphatic heterocycles. The number of benzene rings is 2. The third kappa shape index (κ3) is 4.92. The Morgan fingerprint density at radius 2 is 1.77 bits per heavy atom. The Morgan fingerprint density at radius 1 is 1.00 bits per heavy atom. The maximum Gasteiger partial charge on any atom is 0.239 e. The lowest BCUT2D eigenvalue weighted by molar-refractivity contribution is -0.119. The molecule has 2 aromatic carbocycles. The van der Waals surface area contributed by atoms with E-state index in [9.17, 15) is 4.79 Å². The Morgan fingerprint density at radius 3 is 2.55 bits per heavy atom. The summed E-state index contributed by atoms with van der Waals surface area (Å²) in [5, 5.41) is 6.16. The topological polar surface area (TPSA) is 41.1 Å². The molecule has 3 nitrogen and oxygen atoms in total. The summed E-state index contributed by atoms with van der Waals surface area (Å²) in [5.41, 5.74) is 4.76. The second-order valence-corrected chi connectivity index (χ2v) is 5.54. The van der Waals surface area contributed by atoms with Crippen LogP contribution in [0.5, 0.6) is 0 Å². The maximum atomic E-state index is 11.9. The van der Waals surface area contributed by atoms with Crippen molar-refractivity contribution < 1.29 is 4.79 Å². The Hall–Kier alpha value is -2.29. The summed E-state index contributed by atoms with van der Waals surface area (Å²) in [5.74, 6) is 0.0361. The van der Waals surface area contributed by atoms with Gasteiger partial charge in [-0.3, -0.25) is 4.79 Å². The van der Waals surface area contributed by atoms with E-state index in [4.69, 9.17) is 0 Å². The number of hydrogen-bond acceptors (Lipinski definition) is 2. The van der Waals surface area contributed by atoms with E-state index in [0.29, 0.717) is 13.1 Å². The van der Waals surface area contributed by atoms with Crippen molar-refractivity contribution in [2.24, 2.45) is 0 Å². The number of carbonyl (C=O) groups excluding carboxylic acids is 1. The second kappa shape index (κ2) is 8.23. The number of anilines is 1. The highest BCUT2D eigenvalue weighted by atomic mass is 16.1. The van der Waals surface area contributed by atoms with Crippen LogP contribution in [0, 0.1) is 13.8 Å². The van der Waals surface area contributed by atoms with E-state index < -0.39 is 0 Å². The monoisotopic (exact) mass is 296 g/mol. The molecule has 1 amide bonds. The predicted molar refractivity (Wildman–Crippen MR) is 92.2 cm³/mol. The van der Waals surface area contributed by atoms with Crippen molar-refractivity contribution in [3.05, 3.63) is 65.2 Å². The zero-order valence-electron chi connectivity index (χ0n) is 13.4. The van der Waals surface area contributed by atoms with Gasteiger partial charge in [0.05, 0.1) is 6.54 Å². The predicted octanol–water partition coefficient (Wildman–Crippen LogP) is 3.46. The van der Waals surface area contributed by atoms with Crippen LogP contribution in [0.1, 0.15) is 23.1 Å². The summed E-state index contributed by atoms with van der Waals surface area (Å²) < 4.78 is 0. The van der Waals surface area contributed by atoms with Gasteiger partial charge in [-0.05, 0) is 49.4 Å². The van der Waals surface area contributed by atoms with Crippen LogP contribution in [0.3, 0.4) is 0 Å². The van der Waals surface area contributed by atoms with Crippen molar-refractivity contribution in [1.29, 1.82) is 0 Å². The zero-order valence-corrected chi connectivity index (χ0v) is 13.4. The summed E-state index contributed by atoms with van der Waals surface area (Å²) in [7, 11) is 0. The molecule has 0 heterocycles. The van der Waals surface area contributed by atoms with Crippen LogP contribution in [-0.2, 0) is 11.2 Å². The SMILES string of the molecule is Cc1cccc(NCC(=O)NCCCc2ccccc2)c1C. The number of amides is 1. The number of nitrogens with one attached hydrogen (secondary N) is 2. The van der Waals surface area contributed by atoms with Crippen molar-refractivity contribution in [3.63, 3.8) is 0 Å².